The molecule has 0 fully saturated rings. The van der Waals surface area contributed by atoms with Crippen molar-refractivity contribution in [1.82, 2.24) is 0 Å². The highest BCUT2D eigenvalue weighted by atomic mass is 32.2. The van der Waals surface area contributed by atoms with Gasteiger partial charge < -0.3 is 5.11 Å². The maximum Gasteiger partial charge on any atom is 0.174 e. The Labute approximate surface area is 95.7 Å². The average Bonchev–Trinajstić information content (AvgIpc) is 2.27. The number of aliphatic hydroxyl groups is 1. The van der Waals surface area contributed by atoms with Crippen LogP contribution < -0.4 is 0 Å². The fourth-order valence-corrected chi connectivity index (χ4v) is 2.32. The van der Waals surface area contributed by atoms with Gasteiger partial charge in [-0.1, -0.05) is 49.1 Å². The summed E-state index contributed by atoms with van der Waals surface area (Å²) in [5.41, 5.74) is 0.595. The predicted octanol–water partition coefficient (Wildman–Crippen LogP) is 1.83. The van der Waals surface area contributed by atoms with Gasteiger partial charge in [-0.25, -0.2) is 8.42 Å². The number of benzene rings is 1. The molecule has 0 amide bonds. The van der Waals surface area contributed by atoms with Crippen molar-refractivity contribution in [3.63, 3.8) is 0 Å². The van der Waals surface area contributed by atoms with Gasteiger partial charge in [0.25, 0.3) is 0 Å². The summed E-state index contributed by atoms with van der Waals surface area (Å²) in [5.74, 6) is -0.318. The molecule has 1 rings (SSSR count). The van der Waals surface area contributed by atoms with Crippen molar-refractivity contribution < 1.29 is 13.5 Å². The van der Waals surface area contributed by atoms with Crippen molar-refractivity contribution in [1.29, 1.82) is 0 Å². The molecule has 1 unspecified atom stereocenters. The van der Waals surface area contributed by atoms with E-state index in [4.69, 9.17) is 0 Å². The van der Waals surface area contributed by atoms with Crippen LogP contribution in [-0.2, 0) is 9.84 Å². The summed E-state index contributed by atoms with van der Waals surface area (Å²) < 4.78 is 23.0. The van der Waals surface area contributed by atoms with Crippen molar-refractivity contribution in [3.05, 3.63) is 60.0 Å². The van der Waals surface area contributed by atoms with E-state index in [9.17, 15) is 13.5 Å². The first-order valence-electron chi connectivity index (χ1n) is 4.80. The van der Waals surface area contributed by atoms with E-state index < -0.39 is 15.9 Å². The molecule has 86 valence electrons. The highest BCUT2D eigenvalue weighted by molar-refractivity contribution is 7.94. The highest BCUT2D eigenvalue weighted by Gasteiger charge is 2.15. The molecule has 1 aromatic carbocycles. The molecule has 0 saturated heterocycles. The van der Waals surface area contributed by atoms with E-state index >= 15 is 0 Å². The quantitative estimate of drug-likeness (QED) is 0.796. The van der Waals surface area contributed by atoms with Crippen LogP contribution in [0, 0.1) is 0 Å². The Morgan fingerprint density at radius 2 is 1.94 bits per heavy atom. The van der Waals surface area contributed by atoms with Crippen LogP contribution in [0.5, 0.6) is 0 Å². The Hall–Kier alpha value is -1.39. The number of allylic oxidation sites excluding steroid dienone is 2. The summed E-state index contributed by atoms with van der Waals surface area (Å²) in [7, 11) is -3.39. The third-order valence-corrected chi connectivity index (χ3v) is 3.35. The van der Waals surface area contributed by atoms with Gasteiger partial charge in [0.1, 0.15) is 0 Å². The summed E-state index contributed by atoms with van der Waals surface area (Å²) in [6.07, 6.45) is 1.72. The van der Waals surface area contributed by atoms with E-state index in [1.54, 1.807) is 24.3 Å². The van der Waals surface area contributed by atoms with Crippen molar-refractivity contribution in [2.24, 2.45) is 0 Å². The summed E-state index contributed by atoms with van der Waals surface area (Å²) in [4.78, 5) is 0. The number of hydrogen-bond donors (Lipinski definition) is 1. The zero-order valence-corrected chi connectivity index (χ0v) is 9.60. The van der Waals surface area contributed by atoms with Crippen LogP contribution in [0.3, 0.4) is 0 Å². The van der Waals surface area contributed by atoms with Crippen LogP contribution in [0.2, 0.25) is 0 Å². The Bertz CT molecular complexity index is 460. The zero-order valence-electron chi connectivity index (χ0n) is 8.78. The smallest absolute Gasteiger partial charge is 0.174 e. The van der Waals surface area contributed by atoms with Gasteiger partial charge in [-0.2, -0.15) is 0 Å². The Kier molecular flexibility index (Phi) is 4.46. The van der Waals surface area contributed by atoms with E-state index in [1.165, 1.54) is 12.2 Å². The molecule has 3 nitrogen and oxygen atoms in total. The lowest BCUT2D eigenvalue weighted by Gasteiger charge is -2.09. The molecule has 0 saturated carbocycles. The second-order valence-corrected chi connectivity index (χ2v) is 5.25. The van der Waals surface area contributed by atoms with Crippen LogP contribution in [0.25, 0.3) is 0 Å². The fraction of sp³-hybridized carbons (Fsp3) is 0.167. The number of aliphatic hydroxyl groups excluding tert-OH is 1. The molecule has 1 N–H and O–H groups in total. The van der Waals surface area contributed by atoms with E-state index in [1.807, 2.05) is 6.07 Å². The van der Waals surface area contributed by atoms with Crippen LogP contribution in [0.4, 0.5) is 0 Å². The minimum atomic E-state index is -3.39. The van der Waals surface area contributed by atoms with Crippen LogP contribution in [-0.4, -0.2) is 19.3 Å². The summed E-state index contributed by atoms with van der Waals surface area (Å²) in [5, 5.41) is 10.8. The molecule has 4 heteroatoms. The van der Waals surface area contributed by atoms with E-state index in [0.29, 0.717) is 5.56 Å². The minimum absolute atomic E-state index is 0.318. The van der Waals surface area contributed by atoms with Gasteiger partial charge in [0.05, 0.1) is 11.9 Å². The van der Waals surface area contributed by atoms with Crippen molar-refractivity contribution >= 4 is 9.84 Å². The number of rotatable bonds is 5. The molecular formula is C12H14O3S. The van der Waals surface area contributed by atoms with E-state index in [-0.39, 0.29) is 5.75 Å². The van der Waals surface area contributed by atoms with Gasteiger partial charge in [-0.05, 0) is 5.56 Å². The SMILES string of the molecule is C=C/C=C\S(=O)(=O)CC(O)c1ccccc1. The molecule has 0 aromatic heterocycles. The van der Waals surface area contributed by atoms with Crippen molar-refractivity contribution in [2.45, 2.75) is 6.10 Å². The number of hydrogen-bond acceptors (Lipinski definition) is 3. The Morgan fingerprint density at radius 1 is 1.31 bits per heavy atom. The maximum atomic E-state index is 11.5. The molecule has 1 atom stereocenters. The first-order chi connectivity index (χ1) is 7.55. The molecule has 0 heterocycles. The van der Waals surface area contributed by atoms with Gasteiger partial charge in [-0.15, -0.1) is 0 Å². The van der Waals surface area contributed by atoms with Crippen LogP contribution in [0.15, 0.2) is 54.5 Å². The molecule has 0 spiro atoms. The standard InChI is InChI=1S/C12H14O3S/c1-2-3-9-16(14,15)10-12(13)11-7-5-4-6-8-11/h2-9,12-13H,1,10H2/b9-3-. The van der Waals surface area contributed by atoms with Crippen molar-refractivity contribution in [2.75, 3.05) is 5.75 Å². The van der Waals surface area contributed by atoms with E-state index in [0.717, 1.165) is 5.41 Å². The first kappa shape index (κ1) is 12.7. The summed E-state index contributed by atoms with van der Waals surface area (Å²) in [6, 6.07) is 8.70. The maximum absolute atomic E-state index is 11.5. The predicted molar refractivity (Wildman–Crippen MR) is 64.5 cm³/mol. The number of sulfone groups is 1. The largest absolute Gasteiger partial charge is 0.387 e. The molecule has 0 aliphatic rings. The second-order valence-electron chi connectivity index (χ2n) is 3.32. The lowest BCUT2D eigenvalue weighted by Crippen LogP contribution is -2.11. The van der Waals surface area contributed by atoms with Gasteiger partial charge in [0.2, 0.25) is 0 Å². The molecule has 0 aliphatic heterocycles. The molecule has 1 aromatic rings. The normalized spacial score (nSPS) is 13.8. The van der Waals surface area contributed by atoms with E-state index in [2.05, 4.69) is 6.58 Å². The van der Waals surface area contributed by atoms with Gasteiger partial charge >= 0.3 is 0 Å². The van der Waals surface area contributed by atoms with Gasteiger partial charge in [-0.3, -0.25) is 0 Å². The second kappa shape index (κ2) is 5.63. The summed E-state index contributed by atoms with van der Waals surface area (Å²) in [6.45, 7) is 3.39. The fourth-order valence-electron chi connectivity index (χ4n) is 1.22. The van der Waals surface area contributed by atoms with Crippen LogP contribution >= 0.6 is 0 Å². The average molecular weight is 238 g/mol. The first-order valence-corrected chi connectivity index (χ1v) is 6.51. The van der Waals surface area contributed by atoms with Gasteiger partial charge in [0.15, 0.2) is 9.84 Å². The lowest BCUT2D eigenvalue weighted by molar-refractivity contribution is 0.202. The minimum Gasteiger partial charge on any atom is -0.387 e. The summed E-state index contributed by atoms with van der Waals surface area (Å²) >= 11 is 0. The Balaban J connectivity index is 2.75. The molecule has 16 heavy (non-hydrogen) atoms. The third-order valence-electron chi connectivity index (χ3n) is 2.00. The third kappa shape index (κ3) is 4.00. The monoisotopic (exact) mass is 238 g/mol. The molecule has 0 aliphatic carbocycles. The van der Waals surface area contributed by atoms with Gasteiger partial charge in [0, 0.05) is 5.41 Å². The molecular weight excluding hydrogens is 224 g/mol. The van der Waals surface area contributed by atoms with Crippen LogP contribution in [0.1, 0.15) is 11.7 Å². The zero-order chi connectivity index (χ0) is 12.0. The highest BCUT2D eigenvalue weighted by Crippen LogP contribution is 2.15. The Morgan fingerprint density at radius 3 is 2.50 bits per heavy atom. The topological polar surface area (TPSA) is 54.4 Å². The molecule has 0 bridgehead atoms. The van der Waals surface area contributed by atoms with Crippen molar-refractivity contribution in [3.8, 4) is 0 Å². The molecule has 0 radical (unpaired) electrons. The lowest BCUT2D eigenvalue weighted by atomic mass is 10.1.